The van der Waals surface area contributed by atoms with Crippen molar-refractivity contribution in [1.82, 2.24) is 0 Å². The van der Waals surface area contributed by atoms with E-state index in [2.05, 4.69) is 0 Å². The van der Waals surface area contributed by atoms with Crippen LogP contribution in [0.15, 0.2) is 12.2 Å². The second kappa shape index (κ2) is 5.82. The topological polar surface area (TPSA) is 138 Å². The molecule has 9 aliphatic rings. The highest BCUT2D eigenvalue weighted by atomic mass is 16.8. The molecule has 3 spiro atoms. The molecule has 13 atom stereocenters. The molecular weight excluding hydrogens is 496 g/mol. The Morgan fingerprint density at radius 1 is 1.05 bits per heavy atom. The summed E-state index contributed by atoms with van der Waals surface area (Å²) < 4.78 is 31.5. The quantitative estimate of drug-likeness (QED) is 0.356. The Morgan fingerprint density at radius 2 is 1.84 bits per heavy atom. The molecule has 6 heterocycles. The fourth-order valence-electron chi connectivity index (χ4n) is 10.9. The van der Waals surface area contributed by atoms with Gasteiger partial charge in [0.2, 0.25) is 5.79 Å². The molecule has 2 unspecified atom stereocenters. The lowest BCUT2D eigenvalue weighted by Gasteiger charge is -2.63. The maximum atomic E-state index is 14.9. The van der Waals surface area contributed by atoms with Crippen molar-refractivity contribution in [3.63, 3.8) is 0 Å². The molecule has 9 rings (SSSR count). The summed E-state index contributed by atoms with van der Waals surface area (Å²) in [5.41, 5.74) is -8.23. The van der Waals surface area contributed by atoms with Crippen molar-refractivity contribution < 1.29 is 48.0 Å². The molecule has 5 bridgehead atoms. The van der Waals surface area contributed by atoms with Gasteiger partial charge in [0.05, 0.1) is 30.0 Å². The van der Waals surface area contributed by atoms with Gasteiger partial charge in [-0.2, -0.15) is 0 Å². The first-order chi connectivity index (χ1) is 17.9. The highest BCUT2D eigenvalue weighted by Crippen LogP contribution is 2.77. The van der Waals surface area contributed by atoms with Gasteiger partial charge in [-0.1, -0.05) is 13.0 Å². The van der Waals surface area contributed by atoms with Gasteiger partial charge in [-0.05, 0) is 63.4 Å². The monoisotopic (exact) mass is 526 g/mol. The molecule has 202 valence electrons. The number of fused-ring (bicyclic) bond motifs is 4. The van der Waals surface area contributed by atoms with Gasteiger partial charge in [-0.15, -0.1) is 0 Å². The average Bonchev–Trinajstić information content (AvgIpc) is 3.45. The SMILES string of the molecule is C[C@]12C[C@@H]3OC(=O)[C@@H]1COC14OC5([C@H]2C1=O)[C@@]3(C)OC(=O)[C@@]5(O)CC[C@H]1[C@H]4C[C@H]2O[C@]23CC=CC(=O)[C@]13C. The number of rotatable bonds is 0. The van der Waals surface area contributed by atoms with Crippen molar-refractivity contribution in [2.75, 3.05) is 6.61 Å². The van der Waals surface area contributed by atoms with E-state index in [-0.39, 0.29) is 43.5 Å². The Bertz CT molecular complexity index is 1340. The molecule has 8 fully saturated rings. The molecule has 0 aromatic carbocycles. The molecule has 3 aliphatic carbocycles. The Morgan fingerprint density at radius 3 is 2.63 bits per heavy atom. The van der Waals surface area contributed by atoms with Crippen LogP contribution in [0.5, 0.6) is 0 Å². The fourth-order valence-corrected chi connectivity index (χ4v) is 10.9. The Hall–Kier alpha value is -2.14. The first-order valence-electron chi connectivity index (χ1n) is 13.8. The molecule has 0 amide bonds. The zero-order valence-corrected chi connectivity index (χ0v) is 21.5. The van der Waals surface area contributed by atoms with Crippen LogP contribution in [0, 0.1) is 34.5 Å². The molecule has 10 nitrogen and oxygen atoms in total. The Kier molecular flexibility index (Phi) is 3.47. The molecular formula is C28H30O10. The summed E-state index contributed by atoms with van der Waals surface area (Å²) in [6.07, 6.45) is 3.82. The molecule has 6 aliphatic heterocycles. The van der Waals surface area contributed by atoms with Crippen LogP contribution in [0.2, 0.25) is 0 Å². The van der Waals surface area contributed by atoms with Crippen LogP contribution in [0.1, 0.15) is 52.9 Å². The molecule has 0 radical (unpaired) electrons. The van der Waals surface area contributed by atoms with Gasteiger partial charge in [-0.3, -0.25) is 14.4 Å². The summed E-state index contributed by atoms with van der Waals surface area (Å²) in [5.74, 6) is -6.56. The van der Waals surface area contributed by atoms with Crippen molar-refractivity contribution in [1.29, 1.82) is 0 Å². The number of epoxide rings is 1. The van der Waals surface area contributed by atoms with E-state index >= 15 is 0 Å². The molecule has 2 saturated carbocycles. The largest absolute Gasteiger partial charge is 0.458 e. The lowest BCUT2D eigenvalue weighted by Crippen LogP contribution is -2.79. The smallest absolute Gasteiger partial charge is 0.342 e. The second-order valence-electron chi connectivity index (χ2n) is 13.8. The van der Waals surface area contributed by atoms with Crippen molar-refractivity contribution in [3.8, 4) is 0 Å². The first-order valence-corrected chi connectivity index (χ1v) is 13.8. The number of carbonyl (C=O) groups is 4. The fraction of sp³-hybridized carbons (Fsp3) is 0.786. The highest BCUT2D eigenvalue weighted by molar-refractivity contribution is 6.00. The first kappa shape index (κ1) is 22.7. The Labute approximate surface area is 218 Å². The average molecular weight is 527 g/mol. The number of esters is 2. The molecule has 0 aromatic heterocycles. The van der Waals surface area contributed by atoms with Gasteiger partial charge in [0.1, 0.15) is 11.7 Å². The Balaban J connectivity index is 1.34. The van der Waals surface area contributed by atoms with E-state index in [0.717, 1.165) is 0 Å². The number of allylic oxidation sites excluding steroid dienone is 1. The molecule has 0 aromatic rings. The van der Waals surface area contributed by atoms with Crippen LogP contribution >= 0.6 is 0 Å². The van der Waals surface area contributed by atoms with Crippen LogP contribution in [0.25, 0.3) is 0 Å². The summed E-state index contributed by atoms with van der Waals surface area (Å²) in [6, 6.07) is 0. The van der Waals surface area contributed by atoms with E-state index < -0.39 is 80.7 Å². The summed E-state index contributed by atoms with van der Waals surface area (Å²) in [5, 5.41) is 12.4. The standard InChI is InChI=1S/C28H30O10/c1-22-10-17-24(3)28-18(22)19(30)27(38-28,34-11-14(22)20(31)35-17)13-9-16-26(36-16)7-4-5-15(29)23(26,2)12(13)6-8-25(28,33)21(32)37-24/h4-5,12-14,16-18,33H,6-11H2,1-3H3/t12-,13+,14-,16+,17-,18-,22-,23-,24-,25-,26+,27?,28?/m0/s1. The second-order valence-corrected chi connectivity index (χ2v) is 13.8. The minimum absolute atomic E-state index is 0.0583. The van der Waals surface area contributed by atoms with Gasteiger partial charge in [0.25, 0.3) is 0 Å². The minimum Gasteiger partial charge on any atom is -0.458 e. The van der Waals surface area contributed by atoms with Crippen LogP contribution < -0.4 is 0 Å². The normalized spacial score (nSPS) is 64.1. The van der Waals surface area contributed by atoms with E-state index in [1.54, 1.807) is 13.0 Å². The summed E-state index contributed by atoms with van der Waals surface area (Å²) >= 11 is 0. The number of aliphatic hydroxyl groups is 1. The van der Waals surface area contributed by atoms with E-state index in [9.17, 15) is 24.3 Å². The van der Waals surface area contributed by atoms with Gasteiger partial charge >= 0.3 is 11.9 Å². The predicted octanol–water partition coefficient (Wildman–Crippen LogP) is 0.768. The van der Waals surface area contributed by atoms with Gasteiger partial charge in [0.15, 0.2) is 28.4 Å². The van der Waals surface area contributed by atoms with Gasteiger partial charge < -0.3 is 28.8 Å². The molecule has 6 saturated heterocycles. The zero-order valence-electron chi connectivity index (χ0n) is 21.5. The third kappa shape index (κ3) is 1.79. The van der Waals surface area contributed by atoms with Crippen molar-refractivity contribution in [2.24, 2.45) is 34.5 Å². The molecule has 10 heteroatoms. The number of ketones is 2. The summed E-state index contributed by atoms with van der Waals surface area (Å²) in [6.45, 7) is 5.27. The third-order valence-corrected chi connectivity index (χ3v) is 12.9. The van der Waals surface area contributed by atoms with Gasteiger partial charge in [0, 0.05) is 5.92 Å². The van der Waals surface area contributed by atoms with E-state index in [0.29, 0.717) is 12.8 Å². The van der Waals surface area contributed by atoms with E-state index in [1.807, 2.05) is 19.9 Å². The maximum Gasteiger partial charge on any atom is 0.342 e. The number of ether oxygens (including phenoxy) is 5. The maximum absolute atomic E-state index is 14.9. The van der Waals surface area contributed by atoms with Crippen LogP contribution in [-0.2, 0) is 42.9 Å². The summed E-state index contributed by atoms with van der Waals surface area (Å²) in [7, 11) is 0. The lowest BCUT2D eigenvalue weighted by molar-refractivity contribution is -0.375. The molecule has 1 N–H and O–H groups in total. The van der Waals surface area contributed by atoms with Crippen molar-refractivity contribution >= 4 is 23.5 Å². The molecule has 38 heavy (non-hydrogen) atoms. The number of hydrogen-bond acceptors (Lipinski definition) is 10. The lowest BCUT2D eigenvalue weighted by atomic mass is 9.46. The minimum atomic E-state index is -2.19. The number of carbonyl (C=O) groups excluding carboxylic acids is 4. The number of Topliss-reactive ketones (excluding diaryl/α,β-unsaturated/α-hetero) is 1. The highest BCUT2D eigenvalue weighted by Gasteiger charge is 2.94. The zero-order chi connectivity index (χ0) is 26.5. The van der Waals surface area contributed by atoms with E-state index in [1.165, 1.54) is 0 Å². The predicted molar refractivity (Wildman–Crippen MR) is 122 cm³/mol. The third-order valence-electron chi connectivity index (χ3n) is 12.9. The van der Waals surface area contributed by atoms with Crippen molar-refractivity contribution in [2.45, 2.75) is 93.3 Å². The number of hydrogen-bond donors (Lipinski definition) is 1. The van der Waals surface area contributed by atoms with Crippen LogP contribution in [0.4, 0.5) is 0 Å². The van der Waals surface area contributed by atoms with Crippen molar-refractivity contribution in [3.05, 3.63) is 12.2 Å². The summed E-state index contributed by atoms with van der Waals surface area (Å²) in [4.78, 5) is 55.6. The van der Waals surface area contributed by atoms with Crippen LogP contribution in [0.3, 0.4) is 0 Å². The van der Waals surface area contributed by atoms with Crippen LogP contribution in [-0.4, -0.2) is 75.6 Å². The van der Waals surface area contributed by atoms with E-state index in [4.69, 9.17) is 23.7 Å². The van der Waals surface area contributed by atoms with Gasteiger partial charge in [-0.25, -0.2) is 4.79 Å².